The molecule has 12 heteroatoms. The summed E-state index contributed by atoms with van der Waals surface area (Å²) in [5.41, 5.74) is 7.61. The normalized spacial score (nSPS) is 13.2. The van der Waals surface area contributed by atoms with E-state index in [2.05, 4.69) is 10.1 Å². The van der Waals surface area contributed by atoms with Gasteiger partial charge in [-0.25, -0.2) is 18.2 Å². The Balaban J connectivity index is 1.05. The van der Waals surface area contributed by atoms with Gasteiger partial charge in [0, 0.05) is 22.9 Å². The fourth-order valence-corrected chi connectivity index (χ4v) is 5.93. The van der Waals surface area contributed by atoms with Gasteiger partial charge in [-0.05, 0) is 22.8 Å². The highest BCUT2D eigenvalue weighted by atomic mass is 19.1. The second-order valence-corrected chi connectivity index (χ2v) is 12.2. The van der Waals surface area contributed by atoms with Crippen molar-refractivity contribution in [2.45, 2.75) is 24.8 Å². The standard InChI is InChI=1S/C40H36F3N5O4/c41-32(25-51-40(29-12-4-1-5-13-29,30-14-6-2-7-15-30)31-16-8-3-9-17-31)26-52-47-33-22-48(23-33)39-35(42)19-28(21-46-39)34-18-10-11-27(38(34)43)24-50-37(49)20-36(44)45/h1-19,21,32H,20,22-26H2,(H3,44,45). The molecule has 1 aromatic heterocycles. The molecule has 2 heterocycles. The lowest BCUT2D eigenvalue weighted by molar-refractivity contribution is -0.143. The zero-order chi connectivity index (χ0) is 36.5. The van der Waals surface area contributed by atoms with Gasteiger partial charge in [-0.1, -0.05) is 114 Å². The number of hydrogen-bond acceptors (Lipinski definition) is 8. The molecule has 1 aliphatic rings. The molecular formula is C40H36F3N5O4. The van der Waals surface area contributed by atoms with Crippen molar-refractivity contribution in [3.05, 3.63) is 155 Å². The van der Waals surface area contributed by atoms with Crippen molar-refractivity contribution in [3.63, 3.8) is 0 Å². The Morgan fingerprint density at radius 3 is 2.04 bits per heavy atom. The van der Waals surface area contributed by atoms with Crippen LogP contribution in [0.15, 0.2) is 127 Å². The number of benzene rings is 4. The summed E-state index contributed by atoms with van der Waals surface area (Å²) in [4.78, 5) is 22.9. The molecular weight excluding hydrogens is 671 g/mol. The number of ether oxygens (including phenoxy) is 2. The zero-order valence-corrected chi connectivity index (χ0v) is 28.1. The lowest BCUT2D eigenvalue weighted by Crippen LogP contribution is -2.48. The molecule has 0 aliphatic carbocycles. The van der Waals surface area contributed by atoms with Gasteiger partial charge in [-0.3, -0.25) is 10.2 Å². The molecule has 1 saturated heterocycles. The Hall–Kier alpha value is -6.01. The van der Waals surface area contributed by atoms with E-state index in [-0.39, 0.29) is 61.3 Å². The first-order valence-electron chi connectivity index (χ1n) is 16.5. The average Bonchev–Trinajstić information content (AvgIpc) is 3.14. The minimum Gasteiger partial charge on any atom is -0.460 e. The van der Waals surface area contributed by atoms with Crippen LogP contribution in [-0.4, -0.2) is 55.0 Å². The Labute approximate surface area is 299 Å². The van der Waals surface area contributed by atoms with Crippen LogP contribution in [-0.2, 0) is 31.3 Å². The van der Waals surface area contributed by atoms with Gasteiger partial charge in [-0.15, -0.1) is 0 Å². The molecule has 0 spiro atoms. The number of hydrogen-bond donors (Lipinski definition) is 2. The lowest BCUT2D eigenvalue weighted by atomic mass is 9.80. The first-order chi connectivity index (χ1) is 25.2. The van der Waals surface area contributed by atoms with E-state index in [0.29, 0.717) is 5.71 Å². The van der Waals surface area contributed by atoms with Crippen LogP contribution in [0.1, 0.15) is 28.7 Å². The number of carbonyl (C=O) groups excluding carboxylic acids is 1. The van der Waals surface area contributed by atoms with Crippen molar-refractivity contribution >= 4 is 23.3 Å². The predicted octanol–water partition coefficient (Wildman–Crippen LogP) is 6.94. The van der Waals surface area contributed by atoms with Crippen molar-refractivity contribution in [1.82, 2.24) is 4.98 Å². The summed E-state index contributed by atoms with van der Waals surface area (Å²) in [5, 5.41) is 11.2. The third-order valence-electron chi connectivity index (χ3n) is 8.45. The Bertz CT molecular complexity index is 1930. The van der Waals surface area contributed by atoms with Crippen LogP contribution < -0.4 is 10.6 Å². The van der Waals surface area contributed by atoms with Crippen LogP contribution >= 0.6 is 0 Å². The van der Waals surface area contributed by atoms with E-state index in [1.807, 2.05) is 91.0 Å². The van der Waals surface area contributed by atoms with Gasteiger partial charge in [0.15, 0.2) is 24.4 Å². The number of oxime groups is 1. The Kier molecular flexibility index (Phi) is 11.3. The fourth-order valence-electron chi connectivity index (χ4n) is 5.93. The average molecular weight is 708 g/mol. The minimum atomic E-state index is -1.51. The monoisotopic (exact) mass is 707 g/mol. The van der Waals surface area contributed by atoms with Gasteiger partial charge in [-0.2, -0.15) is 0 Å². The van der Waals surface area contributed by atoms with Crippen molar-refractivity contribution in [2.24, 2.45) is 10.9 Å². The Morgan fingerprint density at radius 1 is 0.885 bits per heavy atom. The van der Waals surface area contributed by atoms with Crippen molar-refractivity contribution in [3.8, 4) is 11.1 Å². The molecule has 5 aromatic rings. The van der Waals surface area contributed by atoms with Gasteiger partial charge in [0.05, 0.1) is 25.4 Å². The molecule has 3 N–H and O–H groups in total. The fraction of sp³-hybridized carbons (Fsp3) is 0.200. The quantitative estimate of drug-likeness (QED) is 0.0398. The molecule has 266 valence electrons. The maximum Gasteiger partial charge on any atom is 0.313 e. The van der Waals surface area contributed by atoms with Crippen molar-refractivity contribution in [1.29, 1.82) is 5.41 Å². The second-order valence-electron chi connectivity index (χ2n) is 12.2. The molecule has 0 amide bonds. The number of nitrogens with two attached hydrogens (primary N) is 1. The largest absolute Gasteiger partial charge is 0.460 e. The number of esters is 1. The van der Waals surface area contributed by atoms with Crippen LogP contribution in [0.3, 0.4) is 0 Å². The van der Waals surface area contributed by atoms with E-state index in [1.54, 1.807) is 11.0 Å². The molecule has 1 fully saturated rings. The summed E-state index contributed by atoms with van der Waals surface area (Å²) in [7, 11) is 0. The van der Waals surface area contributed by atoms with Crippen LogP contribution in [0.4, 0.5) is 19.0 Å². The number of aromatic nitrogens is 1. The maximum atomic E-state index is 15.4. The first kappa shape index (κ1) is 35.8. The van der Waals surface area contributed by atoms with E-state index in [4.69, 9.17) is 25.5 Å². The highest BCUT2D eigenvalue weighted by Crippen LogP contribution is 2.40. The number of anilines is 1. The van der Waals surface area contributed by atoms with E-state index < -0.39 is 35.8 Å². The first-order valence-corrected chi connectivity index (χ1v) is 16.5. The molecule has 52 heavy (non-hydrogen) atoms. The zero-order valence-electron chi connectivity index (χ0n) is 28.1. The van der Waals surface area contributed by atoms with Crippen LogP contribution in [0.25, 0.3) is 11.1 Å². The second kappa shape index (κ2) is 16.3. The SMILES string of the molecule is N=C(N)CC(=O)OCc1cccc(-c2cnc(N3CC(=NOCC(F)COC(c4ccccc4)(c4ccccc4)c4ccccc4)C3)c(F)c2)c1F. The maximum absolute atomic E-state index is 15.4. The number of rotatable bonds is 15. The highest BCUT2D eigenvalue weighted by Gasteiger charge is 2.38. The molecule has 1 unspecified atom stereocenters. The Morgan fingerprint density at radius 2 is 1.48 bits per heavy atom. The smallest absolute Gasteiger partial charge is 0.313 e. The summed E-state index contributed by atoms with van der Waals surface area (Å²) in [6, 6.07) is 34.7. The number of amidine groups is 1. The number of alkyl halides is 1. The van der Waals surface area contributed by atoms with Gasteiger partial charge >= 0.3 is 5.97 Å². The van der Waals surface area contributed by atoms with Gasteiger partial charge < -0.3 is 24.9 Å². The molecule has 0 radical (unpaired) electrons. The number of pyridine rings is 1. The molecule has 6 rings (SSSR count). The number of carbonyl (C=O) groups is 1. The van der Waals surface area contributed by atoms with Crippen molar-refractivity contribution < 1.29 is 32.3 Å². The molecule has 9 nitrogen and oxygen atoms in total. The minimum absolute atomic E-state index is 0.0493. The molecule has 4 aromatic carbocycles. The summed E-state index contributed by atoms with van der Waals surface area (Å²) < 4.78 is 57.3. The molecule has 0 bridgehead atoms. The third-order valence-corrected chi connectivity index (χ3v) is 8.45. The number of halogens is 3. The van der Waals surface area contributed by atoms with E-state index in [0.717, 1.165) is 16.7 Å². The van der Waals surface area contributed by atoms with E-state index in [9.17, 15) is 4.79 Å². The van der Waals surface area contributed by atoms with Crippen LogP contribution in [0.2, 0.25) is 0 Å². The van der Waals surface area contributed by atoms with Gasteiger partial charge in [0.25, 0.3) is 0 Å². The summed E-state index contributed by atoms with van der Waals surface area (Å²) in [6.07, 6.45) is -0.560. The molecule has 0 saturated carbocycles. The third kappa shape index (κ3) is 8.13. The molecule has 1 aliphatic heterocycles. The van der Waals surface area contributed by atoms with Gasteiger partial charge in [0.2, 0.25) is 0 Å². The highest BCUT2D eigenvalue weighted by molar-refractivity contribution is 5.99. The topological polar surface area (TPSA) is 123 Å². The lowest BCUT2D eigenvalue weighted by Gasteiger charge is -2.36. The molecule has 1 atom stereocenters. The van der Waals surface area contributed by atoms with E-state index in [1.165, 1.54) is 24.4 Å². The van der Waals surface area contributed by atoms with Crippen LogP contribution in [0.5, 0.6) is 0 Å². The van der Waals surface area contributed by atoms with Crippen LogP contribution in [0, 0.1) is 17.0 Å². The van der Waals surface area contributed by atoms with Gasteiger partial charge in [0.1, 0.15) is 30.3 Å². The number of nitrogens with one attached hydrogen (secondary N) is 1. The van der Waals surface area contributed by atoms with Crippen molar-refractivity contribution in [2.75, 3.05) is 31.2 Å². The summed E-state index contributed by atoms with van der Waals surface area (Å²) >= 11 is 0. The summed E-state index contributed by atoms with van der Waals surface area (Å²) in [5.74, 6) is -2.44. The predicted molar refractivity (Wildman–Crippen MR) is 192 cm³/mol. The summed E-state index contributed by atoms with van der Waals surface area (Å²) in [6.45, 7) is -0.564. The van der Waals surface area contributed by atoms with E-state index >= 15 is 13.2 Å². The number of nitrogens with zero attached hydrogens (tertiary/aromatic N) is 3.